The van der Waals surface area contributed by atoms with E-state index in [0.717, 1.165) is 25.0 Å². The average molecular weight is 306 g/mol. The Hall–Kier alpha value is -1.70. The lowest BCUT2D eigenvalue weighted by Crippen LogP contribution is -2.10. The van der Waals surface area contributed by atoms with Crippen molar-refractivity contribution in [2.24, 2.45) is 5.84 Å². The van der Waals surface area contributed by atoms with Crippen LogP contribution in [0.25, 0.3) is 10.2 Å². The molecule has 0 bridgehead atoms. The molecular formula is C13H11FN4S2. The molecule has 0 saturated carbocycles. The molecule has 2 aromatic heterocycles. The number of nitrogens with zero attached hydrogens (tertiary/aromatic N) is 2. The highest BCUT2D eigenvalue weighted by Crippen LogP contribution is 2.35. The lowest BCUT2D eigenvalue weighted by Gasteiger charge is -2.05. The average Bonchev–Trinajstić information content (AvgIpc) is 2.81. The van der Waals surface area contributed by atoms with Gasteiger partial charge in [-0.05, 0) is 37.3 Å². The molecule has 0 aliphatic rings. The molecule has 0 unspecified atom stereocenters. The molecule has 3 N–H and O–H groups in total. The maximum Gasteiger partial charge on any atom is 0.239 e. The highest BCUT2D eigenvalue weighted by Gasteiger charge is 2.11. The number of halogens is 1. The largest absolute Gasteiger partial charge is 0.292 e. The van der Waals surface area contributed by atoms with Gasteiger partial charge in [-0.25, -0.2) is 20.2 Å². The molecule has 0 atom stereocenters. The van der Waals surface area contributed by atoms with Crippen molar-refractivity contribution in [3.05, 3.63) is 41.0 Å². The van der Waals surface area contributed by atoms with E-state index in [1.807, 2.05) is 13.0 Å². The van der Waals surface area contributed by atoms with Crippen molar-refractivity contribution < 1.29 is 4.39 Å². The summed E-state index contributed by atoms with van der Waals surface area (Å²) in [5, 5.41) is 1.79. The van der Waals surface area contributed by atoms with Crippen LogP contribution in [0.2, 0.25) is 0 Å². The van der Waals surface area contributed by atoms with E-state index in [9.17, 15) is 4.39 Å². The number of nitrogens with one attached hydrogen (secondary N) is 1. The zero-order chi connectivity index (χ0) is 14.1. The Bertz CT molecular complexity index is 755. The number of nitrogens with two attached hydrogens (primary N) is 1. The van der Waals surface area contributed by atoms with Crippen LogP contribution in [-0.2, 0) is 0 Å². The summed E-state index contributed by atoms with van der Waals surface area (Å²) in [7, 11) is 0. The van der Waals surface area contributed by atoms with Gasteiger partial charge in [0, 0.05) is 15.2 Å². The number of aromatic nitrogens is 2. The van der Waals surface area contributed by atoms with E-state index in [4.69, 9.17) is 5.84 Å². The SMILES string of the molecule is Cc1cc2c(Sc3ccc(F)cc3)nc(NN)nc2s1. The lowest BCUT2D eigenvalue weighted by atomic mass is 10.3. The minimum atomic E-state index is -0.252. The maximum absolute atomic E-state index is 12.9. The number of benzene rings is 1. The van der Waals surface area contributed by atoms with Crippen molar-refractivity contribution in [1.82, 2.24) is 9.97 Å². The van der Waals surface area contributed by atoms with Crippen LogP contribution in [0.4, 0.5) is 10.3 Å². The molecule has 3 rings (SSSR count). The Morgan fingerprint density at radius 1 is 1.25 bits per heavy atom. The molecular weight excluding hydrogens is 295 g/mol. The Morgan fingerprint density at radius 2 is 2.00 bits per heavy atom. The first-order valence-corrected chi connectivity index (χ1v) is 7.47. The van der Waals surface area contributed by atoms with Crippen molar-refractivity contribution in [1.29, 1.82) is 0 Å². The Kier molecular flexibility index (Phi) is 3.56. The molecule has 0 spiro atoms. The van der Waals surface area contributed by atoms with Crippen LogP contribution < -0.4 is 11.3 Å². The number of anilines is 1. The maximum atomic E-state index is 12.9. The molecule has 7 heteroatoms. The Balaban J connectivity index is 2.06. The second-order valence-electron chi connectivity index (χ2n) is 4.13. The zero-order valence-electron chi connectivity index (χ0n) is 10.6. The van der Waals surface area contributed by atoms with Gasteiger partial charge in [-0.2, -0.15) is 0 Å². The van der Waals surface area contributed by atoms with Gasteiger partial charge in [0.25, 0.3) is 0 Å². The summed E-state index contributed by atoms with van der Waals surface area (Å²) in [6, 6.07) is 8.36. The topological polar surface area (TPSA) is 63.8 Å². The van der Waals surface area contributed by atoms with Gasteiger partial charge in [0.15, 0.2) is 0 Å². The predicted octanol–water partition coefficient (Wildman–Crippen LogP) is 3.58. The second kappa shape index (κ2) is 5.35. The molecule has 0 fully saturated rings. The van der Waals surface area contributed by atoms with E-state index < -0.39 is 0 Å². The van der Waals surface area contributed by atoms with E-state index in [0.29, 0.717) is 5.95 Å². The number of thiophene rings is 1. The first-order valence-electron chi connectivity index (χ1n) is 5.84. The molecule has 0 amide bonds. The highest BCUT2D eigenvalue weighted by molar-refractivity contribution is 7.99. The summed E-state index contributed by atoms with van der Waals surface area (Å²) in [5.74, 6) is 5.53. The van der Waals surface area contributed by atoms with E-state index in [1.54, 1.807) is 23.5 Å². The quantitative estimate of drug-likeness (QED) is 0.440. The third kappa shape index (κ3) is 2.60. The van der Waals surface area contributed by atoms with Gasteiger partial charge in [-0.15, -0.1) is 11.3 Å². The molecule has 20 heavy (non-hydrogen) atoms. The molecule has 0 radical (unpaired) electrons. The smallest absolute Gasteiger partial charge is 0.239 e. The number of hydrazine groups is 1. The van der Waals surface area contributed by atoms with Crippen LogP contribution in [-0.4, -0.2) is 9.97 Å². The minimum absolute atomic E-state index is 0.252. The number of rotatable bonds is 3. The van der Waals surface area contributed by atoms with Crippen LogP contribution in [0.15, 0.2) is 40.3 Å². The summed E-state index contributed by atoms with van der Waals surface area (Å²) >= 11 is 3.05. The van der Waals surface area contributed by atoms with E-state index in [-0.39, 0.29) is 5.82 Å². The first-order chi connectivity index (χ1) is 9.65. The van der Waals surface area contributed by atoms with Gasteiger partial charge >= 0.3 is 0 Å². The first kappa shape index (κ1) is 13.3. The number of fused-ring (bicyclic) bond motifs is 1. The van der Waals surface area contributed by atoms with Gasteiger partial charge in [0.05, 0.1) is 0 Å². The molecule has 0 aliphatic carbocycles. The second-order valence-corrected chi connectivity index (χ2v) is 6.43. The van der Waals surface area contributed by atoms with Gasteiger partial charge in [-0.3, -0.25) is 5.43 Å². The van der Waals surface area contributed by atoms with Crippen molar-refractivity contribution in [2.45, 2.75) is 16.8 Å². The molecule has 102 valence electrons. The van der Waals surface area contributed by atoms with Crippen molar-refractivity contribution in [3.63, 3.8) is 0 Å². The summed E-state index contributed by atoms with van der Waals surface area (Å²) in [6.07, 6.45) is 0. The van der Waals surface area contributed by atoms with Gasteiger partial charge in [0.2, 0.25) is 5.95 Å². The van der Waals surface area contributed by atoms with Crippen LogP contribution >= 0.6 is 23.1 Å². The number of nitrogen functional groups attached to an aromatic ring is 1. The summed E-state index contributed by atoms with van der Waals surface area (Å²) in [6.45, 7) is 2.02. The van der Waals surface area contributed by atoms with Gasteiger partial charge in [-0.1, -0.05) is 11.8 Å². The Labute approximate surface area is 123 Å². The summed E-state index contributed by atoms with van der Waals surface area (Å²) in [4.78, 5) is 11.7. The third-order valence-electron chi connectivity index (χ3n) is 2.64. The van der Waals surface area contributed by atoms with E-state index in [2.05, 4.69) is 15.4 Å². The van der Waals surface area contributed by atoms with Crippen molar-refractivity contribution in [2.75, 3.05) is 5.43 Å². The standard InChI is InChI=1S/C13H11FN4S2/c1-7-6-10-11(19-7)16-13(18-15)17-12(10)20-9-4-2-8(14)3-5-9/h2-6H,15H2,1H3,(H,16,17,18). The van der Waals surface area contributed by atoms with Crippen LogP contribution in [0.1, 0.15) is 4.88 Å². The summed E-state index contributed by atoms with van der Waals surface area (Å²) < 4.78 is 12.9. The fourth-order valence-corrected chi connectivity index (χ4v) is 3.61. The van der Waals surface area contributed by atoms with Crippen molar-refractivity contribution >= 4 is 39.3 Å². The lowest BCUT2D eigenvalue weighted by molar-refractivity contribution is 0.626. The van der Waals surface area contributed by atoms with Crippen LogP contribution in [0.3, 0.4) is 0 Å². The van der Waals surface area contributed by atoms with Gasteiger partial charge in [0.1, 0.15) is 15.7 Å². The van der Waals surface area contributed by atoms with Crippen LogP contribution in [0, 0.1) is 12.7 Å². The molecule has 0 aliphatic heterocycles. The normalized spacial score (nSPS) is 10.9. The van der Waals surface area contributed by atoms with E-state index >= 15 is 0 Å². The van der Waals surface area contributed by atoms with E-state index in [1.165, 1.54) is 23.9 Å². The van der Waals surface area contributed by atoms with Crippen LogP contribution in [0.5, 0.6) is 0 Å². The molecule has 2 heterocycles. The highest BCUT2D eigenvalue weighted by atomic mass is 32.2. The number of hydrogen-bond acceptors (Lipinski definition) is 6. The zero-order valence-corrected chi connectivity index (χ0v) is 12.2. The fourth-order valence-electron chi connectivity index (χ4n) is 1.77. The predicted molar refractivity (Wildman–Crippen MR) is 80.5 cm³/mol. The minimum Gasteiger partial charge on any atom is -0.292 e. The molecule has 3 aromatic rings. The van der Waals surface area contributed by atoms with Gasteiger partial charge < -0.3 is 0 Å². The third-order valence-corrected chi connectivity index (χ3v) is 4.60. The monoisotopic (exact) mass is 306 g/mol. The molecule has 0 saturated heterocycles. The molecule has 4 nitrogen and oxygen atoms in total. The number of hydrogen-bond donors (Lipinski definition) is 2. The summed E-state index contributed by atoms with van der Waals surface area (Å²) in [5.41, 5.74) is 2.47. The molecule has 1 aromatic carbocycles. The Morgan fingerprint density at radius 3 is 2.70 bits per heavy atom. The fraction of sp³-hybridized carbons (Fsp3) is 0.0769. The number of aryl methyl sites for hydroxylation is 1. The van der Waals surface area contributed by atoms with Crippen molar-refractivity contribution in [3.8, 4) is 0 Å².